The number of rotatable bonds is 5. The molecule has 1 aromatic carbocycles. The molecule has 7 heteroatoms. The predicted molar refractivity (Wildman–Crippen MR) is 106 cm³/mol. The van der Waals surface area contributed by atoms with Crippen LogP contribution in [-0.4, -0.2) is 50.6 Å². The van der Waals surface area contributed by atoms with E-state index in [1.54, 1.807) is 0 Å². The molecule has 0 aliphatic carbocycles. The normalized spacial score (nSPS) is 17.0. The average molecular weight is 363 g/mol. The first-order valence-electron chi connectivity index (χ1n) is 9.41. The second-order valence-corrected chi connectivity index (χ2v) is 7.41. The first-order valence-corrected chi connectivity index (χ1v) is 9.41. The average Bonchev–Trinajstić information content (AvgIpc) is 3.33. The van der Waals surface area contributed by atoms with Crippen molar-refractivity contribution in [2.45, 2.75) is 39.3 Å². The van der Waals surface area contributed by atoms with E-state index in [9.17, 15) is 0 Å². The fraction of sp³-hybridized carbons (Fsp3) is 0.400. The molecule has 0 spiro atoms. The van der Waals surface area contributed by atoms with Gasteiger partial charge in [0.05, 0.1) is 12.4 Å². The molecule has 4 rings (SSSR count). The highest BCUT2D eigenvalue weighted by atomic mass is 15.3. The van der Waals surface area contributed by atoms with Gasteiger partial charge in [0.2, 0.25) is 5.95 Å². The van der Waals surface area contributed by atoms with Crippen LogP contribution in [0.25, 0.3) is 22.4 Å². The third-order valence-corrected chi connectivity index (χ3v) is 4.92. The van der Waals surface area contributed by atoms with Crippen LogP contribution in [0, 0.1) is 6.92 Å². The van der Waals surface area contributed by atoms with E-state index in [0.29, 0.717) is 18.0 Å². The molecule has 3 aromatic rings. The van der Waals surface area contributed by atoms with Crippen LogP contribution < -0.4 is 10.2 Å². The van der Waals surface area contributed by atoms with Crippen molar-refractivity contribution >= 4 is 5.95 Å². The van der Waals surface area contributed by atoms with Crippen LogP contribution in [0.4, 0.5) is 5.95 Å². The fourth-order valence-electron chi connectivity index (χ4n) is 3.63. The SMILES string of the molecule is Cc1cc(-c2cn[nH]c2)ccc1-c1cnc(N2CCC(NC(C)C)C2)nn1. The standard InChI is InChI=1S/C20H25N7/c1-13(2)24-17-6-7-27(12-17)20-21-11-19(25-26-20)18-5-4-15(8-14(18)3)16-9-22-23-10-16/h4-5,8-11,13,17,24H,6-7,12H2,1-3H3,(H,22,23). The molecule has 0 amide bonds. The van der Waals surface area contributed by atoms with Crippen LogP contribution in [0.2, 0.25) is 0 Å². The van der Waals surface area contributed by atoms with Crippen LogP contribution >= 0.6 is 0 Å². The quantitative estimate of drug-likeness (QED) is 0.725. The van der Waals surface area contributed by atoms with Crippen molar-refractivity contribution in [2.75, 3.05) is 18.0 Å². The largest absolute Gasteiger partial charge is 0.338 e. The number of benzene rings is 1. The number of aromatic nitrogens is 5. The van der Waals surface area contributed by atoms with Crippen molar-refractivity contribution in [3.8, 4) is 22.4 Å². The number of aromatic amines is 1. The lowest BCUT2D eigenvalue weighted by atomic mass is 10.0. The summed E-state index contributed by atoms with van der Waals surface area (Å²) >= 11 is 0. The number of hydrogen-bond acceptors (Lipinski definition) is 6. The van der Waals surface area contributed by atoms with E-state index in [4.69, 9.17) is 0 Å². The minimum Gasteiger partial charge on any atom is -0.338 e. The molecule has 1 aliphatic rings. The molecule has 1 aliphatic heterocycles. The number of aryl methyl sites for hydroxylation is 1. The van der Waals surface area contributed by atoms with Gasteiger partial charge in [-0.05, 0) is 24.5 Å². The fourth-order valence-corrected chi connectivity index (χ4v) is 3.63. The first kappa shape index (κ1) is 17.6. The van der Waals surface area contributed by atoms with Crippen molar-refractivity contribution in [2.24, 2.45) is 0 Å². The number of hydrogen-bond donors (Lipinski definition) is 2. The van der Waals surface area contributed by atoms with Gasteiger partial charge in [0, 0.05) is 42.5 Å². The highest BCUT2D eigenvalue weighted by Gasteiger charge is 2.24. The first-order chi connectivity index (χ1) is 13.1. The summed E-state index contributed by atoms with van der Waals surface area (Å²) in [7, 11) is 0. The van der Waals surface area contributed by atoms with E-state index in [0.717, 1.165) is 47.5 Å². The molecule has 2 aromatic heterocycles. The zero-order chi connectivity index (χ0) is 18.8. The number of anilines is 1. The van der Waals surface area contributed by atoms with Crippen LogP contribution in [0.3, 0.4) is 0 Å². The molecule has 3 heterocycles. The number of nitrogens with zero attached hydrogens (tertiary/aromatic N) is 5. The Morgan fingerprint density at radius 2 is 2.07 bits per heavy atom. The summed E-state index contributed by atoms with van der Waals surface area (Å²) in [6.45, 7) is 8.32. The Morgan fingerprint density at radius 1 is 1.19 bits per heavy atom. The maximum atomic E-state index is 4.57. The van der Waals surface area contributed by atoms with E-state index in [-0.39, 0.29) is 0 Å². The maximum Gasteiger partial charge on any atom is 0.245 e. The number of H-pyrrole nitrogens is 1. The van der Waals surface area contributed by atoms with Crippen molar-refractivity contribution in [1.29, 1.82) is 0 Å². The molecule has 2 N–H and O–H groups in total. The molecule has 1 unspecified atom stereocenters. The maximum absolute atomic E-state index is 4.57. The van der Waals surface area contributed by atoms with Gasteiger partial charge in [-0.2, -0.15) is 5.10 Å². The zero-order valence-corrected chi connectivity index (χ0v) is 16.0. The molecular formula is C20H25N7. The van der Waals surface area contributed by atoms with Gasteiger partial charge < -0.3 is 10.2 Å². The van der Waals surface area contributed by atoms with E-state index in [2.05, 4.69) is 74.6 Å². The van der Waals surface area contributed by atoms with Gasteiger partial charge in [0.25, 0.3) is 0 Å². The third kappa shape index (κ3) is 3.83. The van der Waals surface area contributed by atoms with Gasteiger partial charge in [0.1, 0.15) is 5.69 Å². The van der Waals surface area contributed by atoms with Crippen molar-refractivity contribution < 1.29 is 0 Å². The molecule has 140 valence electrons. The van der Waals surface area contributed by atoms with E-state index in [1.165, 1.54) is 0 Å². The van der Waals surface area contributed by atoms with Crippen LogP contribution in [-0.2, 0) is 0 Å². The molecule has 0 saturated carbocycles. The summed E-state index contributed by atoms with van der Waals surface area (Å²) in [4.78, 5) is 6.77. The van der Waals surface area contributed by atoms with Crippen LogP contribution in [0.1, 0.15) is 25.8 Å². The highest BCUT2D eigenvalue weighted by molar-refractivity contribution is 5.70. The molecule has 1 atom stereocenters. The Balaban J connectivity index is 1.49. The Labute approximate surface area is 159 Å². The number of nitrogens with one attached hydrogen (secondary N) is 2. The summed E-state index contributed by atoms with van der Waals surface area (Å²) in [5.41, 5.74) is 5.19. The minimum absolute atomic E-state index is 0.490. The molecule has 27 heavy (non-hydrogen) atoms. The molecule has 7 nitrogen and oxygen atoms in total. The van der Waals surface area contributed by atoms with Gasteiger partial charge >= 0.3 is 0 Å². The summed E-state index contributed by atoms with van der Waals surface area (Å²) in [6.07, 6.45) is 6.65. The Hall–Kier alpha value is -2.80. The van der Waals surface area contributed by atoms with Crippen molar-refractivity contribution in [3.05, 3.63) is 42.4 Å². The molecular weight excluding hydrogens is 338 g/mol. The summed E-state index contributed by atoms with van der Waals surface area (Å²) in [5.74, 6) is 0.708. The Bertz CT molecular complexity index is 887. The van der Waals surface area contributed by atoms with Gasteiger partial charge in [-0.3, -0.25) is 5.10 Å². The van der Waals surface area contributed by atoms with Crippen LogP contribution in [0.15, 0.2) is 36.8 Å². The van der Waals surface area contributed by atoms with E-state index < -0.39 is 0 Å². The second-order valence-electron chi connectivity index (χ2n) is 7.41. The lowest BCUT2D eigenvalue weighted by Crippen LogP contribution is -2.37. The van der Waals surface area contributed by atoms with Gasteiger partial charge in [0.15, 0.2) is 0 Å². The van der Waals surface area contributed by atoms with Gasteiger partial charge in [-0.25, -0.2) is 4.98 Å². The van der Waals surface area contributed by atoms with Gasteiger partial charge in [-0.15, -0.1) is 10.2 Å². The van der Waals surface area contributed by atoms with E-state index >= 15 is 0 Å². The topological polar surface area (TPSA) is 82.6 Å². The Morgan fingerprint density at radius 3 is 2.74 bits per heavy atom. The lowest BCUT2D eigenvalue weighted by molar-refractivity contribution is 0.491. The Kier molecular flexibility index (Phi) is 4.85. The molecule has 0 radical (unpaired) electrons. The molecule has 1 saturated heterocycles. The zero-order valence-electron chi connectivity index (χ0n) is 16.0. The summed E-state index contributed by atoms with van der Waals surface area (Å²) < 4.78 is 0. The third-order valence-electron chi connectivity index (χ3n) is 4.92. The highest BCUT2D eigenvalue weighted by Crippen LogP contribution is 2.27. The summed E-state index contributed by atoms with van der Waals surface area (Å²) in [6, 6.07) is 7.26. The monoisotopic (exact) mass is 363 g/mol. The molecule has 1 fully saturated rings. The smallest absolute Gasteiger partial charge is 0.245 e. The van der Waals surface area contributed by atoms with Crippen LogP contribution in [0.5, 0.6) is 0 Å². The second kappa shape index (κ2) is 7.44. The van der Waals surface area contributed by atoms with Crippen molar-refractivity contribution in [1.82, 2.24) is 30.7 Å². The lowest BCUT2D eigenvalue weighted by Gasteiger charge is -2.18. The van der Waals surface area contributed by atoms with Crippen molar-refractivity contribution in [3.63, 3.8) is 0 Å². The molecule has 0 bridgehead atoms. The summed E-state index contributed by atoms with van der Waals surface area (Å²) in [5, 5.41) is 19.3. The van der Waals surface area contributed by atoms with Gasteiger partial charge in [-0.1, -0.05) is 32.0 Å². The van der Waals surface area contributed by atoms with E-state index in [1.807, 2.05) is 18.6 Å². The predicted octanol–water partition coefficient (Wildman–Crippen LogP) is 2.81. The minimum atomic E-state index is 0.490.